The highest BCUT2D eigenvalue weighted by Gasteiger charge is 2.59. The maximum Gasteiger partial charge on any atom is 0.139 e. The van der Waals surface area contributed by atoms with Crippen molar-refractivity contribution in [3.05, 3.63) is 0 Å². The predicted octanol–water partition coefficient (Wildman–Crippen LogP) is 2.69. The van der Waals surface area contributed by atoms with Gasteiger partial charge in [0.05, 0.1) is 12.0 Å². The van der Waals surface area contributed by atoms with Crippen LogP contribution < -0.4 is 0 Å². The van der Waals surface area contributed by atoms with E-state index in [0.717, 1.165) is 19.3 Å². The molecule has 0 aromatic heterocycles. The van der Waals surface area contributed by atoms with E-state index in [2.05, 4.69) is 18.8 Å². The van der Waals surface area contributed by atoms with Crippen molar-refractivity contribution < 1.29 is 15.0 Å². The highest BCUT2D eigenvalue weighted by Crippen LogP contribution is 2.57. The van der Waals surface area contributed by atoms with Crippen LogP contribution in [0.5, 0.6) is 0 Å². The molecule has 0 bridgehead atoms. The number of aliphatic hydroxyl groups excluding tert-OH is 2. The molecule has 0 aliphatic heterocycles. The smallest absolute Gasteiger partial charge is 0.139 e. The zero-order valence-electron chi connectivity index (χ0n) is 13.6. The number of ketones is 1. The largest absolute Gasteiger partial charge is 0.392 e. The SMILES string of the molecule is CC[C@@]12CC[C@H](O)[C@@H](C#C[C@@H](O)CC3CCCC3)[C@@H]1CC2=O. The summed E-state index contributed by atoms with van der Waals surface area (Å²) in [6.45, 7) is 2.07. The Hall–Kier alpha value is -0.850. The first kappa shape index (κ1) is 16.0. The Balaban J connectivity index is 1.65. The van der Waals surface area contributed by atoms with Crippen molar-refractivity contribution in [2.75, 3.05) is 0 Å². The van der Waals surface area contributed by atoms with Crippen molar-refractivity contribution in [1.82, 2.24) is 0 Å². The van der Waals surface area contributed by atoms with Gasteiger partial charge in [-0.1, -0.05) is 44.4 Å². The van der Waals surface area contributed by atoms with E-state index in [1.807, 2.05) is 0 Å². The molecule has 0 aromatic rings. The molecule has 0 saturated heterocycles. The summed E-state index contributed by atoms with van der Waals surface area (Å²) in [6.07, 6.45) is 7.58. The van der Waals surface area contributed by atoms with Gasteiger partial charge in [-0.15, -0.1) is 0 Å². The van der Waals surface area contributed by atoms with Gasteiger partial charge in [0.15, 0.2) is 0 Å². The fourth-order valence-corrected chi connectivity index (χ4v) is 4.97. The van der Waals surface area contributed by atoms with Gasteiger partial charge < -0.3 is 10.2 Å². The molecular weight excluding hydrogens is 276 g/mol. The molecule has 5 atom stereocenters. The number of carbonyl (C=O) groups excluding carboxylic acids is 1. The van der Waals surface area contributed by atoms with Gasteiger partial charge in [0.25, 0.3) is 0 Å². The molecule has 0 amide bonds. The third-order valence-corrected chi connectivity index (χ3v) is 6.48. The van der Waals surface area contributed by atoms with E-state index in [1.54, 1.807) is 0 Å². The van der Waals surface area contributed by atoms with Crippen LogP contribution in [0.2, 0.25) is 0 Å². The van der Waals surface area contributed by atoms with Crippen molar-refractivity contribution in [1.29, 1.82) is 0 Å². The van der Waals surface area contributed by atoms with Gasteiger partial charge >= 0.3 is 0 Å². The first-order chi connectivity index (χ1) is 10.6. The van der Waals surface area contributed by atoms with Gasteiger partial charge in [0.2, 0.25) is 0 Å². The lowest BCUT2D eigenvalue weighted by Gasteiger charge is -2.54. The summed E-state index contributed by atoms with van der Waals surface area (Å²) >= 11 is 0. The Morgan fingerprint density at radius 2 is 2.05 bits per heavy atom. The highest BCUT2D eigenvalue weighted by molar-refractivity contribution is 5.91. The summed E-state index contributed by atoms with van der Waals surface area (Å²) in [6, 6.07) is 0. The highest BCUT2D eigenvalue weighted by atomic mass is 16.3. The minimum absolute atomic E-state index is 0.135. The molecule has 3 nitrogen and oxygen atoms in total. The molecule has 122 valence electrons. The second-order valence-electron chi connectivity index (χ2n) is 7.57. The first-order valence-electron chi connectivity index (χ1n) is 8.97. The summed E-state index contributed by atoms with van der Waals surface area (Å²) in [4.78, 5) is 12.1. The second-order valence-corrected chi connectivity index (χ2v) is 7.57. The van der Waals surface area contributed by atoms with Crippen LogP contribution in [0.1, 0.15) is 64.7 Å². The van der Waals surface area contributed by atoms with Gasteiger partial charge in [0.1, 0.15) is 11.9 Å². The zero-order chi connectivity index (χ0) is 15.7. The van der Waals surface area contributed by atoms with Gasteiger partial charge in [0, 0.05) is 11.8 Å². The van der Waals surface area contributed by atoms with E-state index < -0.39 is 12.2 Å². The molecule has 3 aliphatic rings. The Morgan fingerprint density at radius 1 is 1.32 bits per heavy atom. The van der Waals surface area contributed by atoms with E-state index in [0.29, 0.717) is 24.5 Å². The molecule has 0 unspecified atom stereocenters. The van der Waals surface area contributed by atoms with Crippen LogP contribution >= 0.6 is 0 Å². The first-order valence-corrected chi connectivity index (χ1v) is 8.97. The zero-order valence-corrected chi connectivity index (χ0v) is 13.6. The molecule has 22 heavy (non-hydrogen) atoms. The standard InChI is InChI=1S/C19H28O3/c1-2-19-10-9-17(21)15(16(19)12-18(19)22)8-7-14(20)11-13-5-3-4-6-13/h13-17,20-21H,2-6,9-12H2,1H3/t14-,15+,16+,17+,19-/m1/s1. The molecule has 0 heterocycles. The summed E-state index contributed by atoms with van der Waals surface area (Å²) in [7, 11) is 0. The van der Waals surface area contributed by atoms with Gasteiger partial charge in [-0.05, 0) is 37.5 Å². The number of hydrogen-bond donors (Lipinski definition) is 2. The lowest BCUT2D eigenvalue weighted by molar-refractivity contribution is -0.160. The fourth-order valence-electron chi connectivity index (χ4n) is 4.97. The van der Waals surface area contributed by atoms with Crippen molar-refractivity contribution >= 4 is 5.78 Å². The number of aliphatic hydroxyl groups is 2. The molecule has 3 aliphatic carbocycles. The Kier molecular flexibility index (Phi) is 4.61. The number of hydrogen-bond acceptors (Lipinski definition) is 3. The maximum atomic E-state index is 12.1. The van der Waals surface area contributed by atoms with E-state index in [-0.39, 0.29) is 17.3 Å². The molecule has 0 aromatic carbocycles. The van der Waals surface area contributed by atoms with Crippen LogP contribution in [0.4, 0.5) is 0 Å². The maximum absolute atomic E-state index is 12.1. The van der Waals surface area contributed by atoms with Crippen molar-refractivity contribution in [2.24, 2.45) is 23.2 Å². The summed E-state index contributed by atoms with van der Waals surface area (Å²) in [5.41, 5.74) is -0.227. The van der Waals surface area contributed by atoms with Gasteiger partial charge in [-0.25, -0.2) is 0 Å². The van der Waals surface area contributed by atoms with Crippen LogP contribution in [0, 0.1) is 35.0 Å². The number of carbonyl (C=O) groups is 1. The summed E-state index contributed by atoms with van der Waals surface area (Å²) < 4.78 is 0. The van der Waals surface area contributed by atoms with E-state index in [4.69, 9.17) is 0 Å². The van der Waals surface area contributed by atoms with E-state index >= 15 is 0 Å². The third-order valence-electron chi connectivity index (χ3n) is 6.48. The molecule has 3 saturated carbocycles. The minimum Gasteiger partial charge on any atom is -0.392 e. The van der Waals surface area contributed by atoms with Gasteiger partial charge in [-0.2, -0.15) is 0 Å². The van der Waals surface area contributed by atoms with Crippen LogP contribution in [-0.4, -0.2) is 28.2 Å². The van der Waals surface area contributed by atoms with E-state index in [1.165, 1.54) is 25.7 Å². The van der Waals surface area contributed by atoms with Crippen molar-refractivity contribution in [3.8, 4) is 11.8 Å². The summed E-state index contributed by atoms with van der Waals surface area (Å²) in [5.74, 6) is 7.16. The minimum atomic E-state index is -0.580. The summed E-state index contributed by atoms with van der Waals surface area (Å²) in [5, 5.41) is 20.4. The third kappa shape index (κ3) is 2.72. The Labute approximate surface area is 133 Å². The van der Waals surface area contributed by atoms with Crippen LogP contribution in [0.3, 0.4) is 0 Å². The van der Waals surface area contributed by atoms with Crippen LogP contribution in [-0.2, 0) is 4.79 Å². The lowest BCUT2D eigenvalue weighted by atomic mass is 9.48. The Bertz CT molecular complexity index is 483. The molecule has 3 fully saturated rings. The normalized spacial score (nSPS) is 39.6. The average molecular weight is 304 g/mol. The number of Topliss-reactive ketones (excluding diaryl/α,β-unsaturated/α-hetero) is 1. The molecule has 0 spiro atoms. The molecule has 2 N–H and O–H groups in total. The number of fused-ring (bicyclic) bond motifs is 1. The number of rotatable bonds is 3. The van der Waals surface area contributed by atoms with Crippen molar-refractivity contribution in [3.63, 3.8) is 0 Å². The fraction of sp³-hybridized carbons (Fsp3) is 0.842. The molecule has 3 heteroatoms. The predicted molar refractivity (Wildman–Crippen MR) is 84.9 cm³/mol. The van der Waals surface area contributed by atoms with Crippen LogP contribution in [0.25, 0.3) is 0 Å². The second kappa shape index (κ2) is 6.34. The topological polar surface area (TPSA) is 57.5 Å². The van der Waals surface area contributed by atoms with Gasteiger partial charge in [-0.3, -0.25) is 4.79 Å². The molecule has 0 radical (unpaired) electrons. The average Bonchev–Trinajstić information content (AvgIpc) is 2.99. The molecular formula is C19H28O3. The molecule has 3 rings (SSSR count). The van der Waals surface area contributed by atoms with Crippen LogP contribution in [0.15, 0.2) is 0 Å². The monoisotopic (exact) mass is 304 g/mol. The quantitative estimate of drug-likeness (QED) is 0.788. The van der Waals surface area contributed by atoms with E-state index in [9.17, 15) is 15.0 Å². The van der Waals surface area contributed by atoms with Crippen molar-refractivity contribution in [2.45, 2.75) is 76.9 Å². The Morgan fingerprint density at radius 3 is 2.68 bits per heavy atom. The lowest BCUT2D eigenvalue weighted by Crippen LogP contribution is -2.58.